The topological polar surface area (TPSA) is 61.8 Å². The second-order valence-corrected chi connectivity index (χ2v) is 7.38. The predicted molar refractivity (Wildman–Crippen MR) is 78.7 cm³/mol. The van der Waals surface area contributed by atoms with E-state index in [-0.39, 0.29) is 5.78 Å². The van der Waals surface area contributed by atoms with Gasteiger partial charge in [-0.2, -0.15) is 0 Å². The van der Waals surface area contributed by atoms with Crippen LogP contribution in [-0.2, 0) is 15.7 Å². The SMILES string of the molecule is COC1(OI2OC(=O)c3ccccc32)C=CC=CC1=O. The Balaban J connectivity index is 1.92. The Bertz CT molecular complexity index is 636. The zero-order chi connectivity index (χ0) is 14.2. The number of carbonyl (C=O) groups excluding carboxylic acids is 2. The molecule has 0 bridgehead atoms. The van der Waals surface area contributed by atoms with Crippen LogP contribution in [0, 0.1) is 3.57 Å². The number of methoxy groups -OCH3 is 1. The number of hydrogen-bond donors (Lipinski definition) is 0. The average Bonchev–Trinajstić information content (AvgIpc) is 2.79. The molecule has 1 heterocycles. The first-order valence-electron chi connectivity index (χ1n) is 5.83. The molecule has 2 aliphatic rings. The first-order valence-corrected chi connectivity index (χ1v) is 8.67. The molecule has 0 fully saturated rings. The third-order valence-corrected chi connectivity index (χ3v) is 6.65. The molecule has 0 spiro atoms. The third-order valence-electron chi connectivity index (χ3n) is 2.91. The van der Waals surface area contributed by atoms with Crippen molar-refractivity contribution in [3.05, 3.63) is 57.7 Å². The molecule has 1 aliphatic carbocycles. The predicted octanol–water partition coefficient (Wildman–Crippen LogP) is 2.42. The van der Waals surface area contributed by atoms with Gasteiger partial charge in [0.15, 0.2) is 0 Å². The van der Waals surface area contributed by atoms with Crippen LogP contribution < -0.4 is 0 Å². The third kappa shape index (κ3) is 2.09. The molecule has 0 aromatic heterocycles. The van der Waals surface area contributed by atoms with E-state index in [2.05, 4.69) is 0 Å². The molecule has 104 valence electrons. The van der Waals surface area contributed by atoms with Gasteiger partial charge in [0.1, 0.15) is 0 Å². The second kappa shape index (κ2) is 5.12. The number of carbonyl (C=O) groups is 2. The van der Waals surface area contributed by atoms with Gasteiger partial charge in [-0.1, -0.05) is 0 Å². The normalized spacial score (nSPS) is 25.8. The van der Waals surface area contributed by atoms with Crippen LogP contribution in [0.2, 0.25) is 0 Å². The Morgan fingerprint density at radius 3 is 2.75 bits per heavy atom. The van der Waals surface area contributed by atoms with Crippen molar-refractivity contribution in [2.45, 2.75) is 5.79 Å². The summed E-state index contributed by atoms with van der Waals surface area (Å²) in [6.45, 7) is 0. The molecule has 6 heteroatoms. The monoisotopic (exact) mass is 386 g/mol. The summed E-state index contributed by atoms with van der Waals surface area (Å²) in [7, 11) is 1.39. The standard InChI is InChI=1S/C14H11IO5/c1-18-14(9-5-4-8-12(14)16)20-15-11-7-3-2-6-10(11)13(17)19-15/h2-9H,1H3. The van der Waals surface area contributed by atoms with Crippen molar-refractivity contribution in [2.24, 2.45) is 0 Å². The number of allylic oxidation sites excluding steroid dienone is 2. The summed E-state index contributed by atoms with van der Waals surface area (Å²) in [5, 5.41) is 0. The van der Waals surface area contributed by atoms with E-state index in [0.717, 1.165) is 3.57 Å². The van der Waals surface area contributed by atoms with Crippen molar-refractivity contribution in [3.8, 4) is 0 Å². The van der Waals surface area contributed by atoms with Gasteiger partial charge < -0.3 is 0 Å². The quantitative estimate of drug-likeness (QED) is 0.590. The van der Waals surface area contributed by atoms with Crippen LogP contribution in [0.25, 0.3) is 0 Å². The summed E-state index contributed by atoms with van der Waals surface area (Å²) in [5.74, 6) is -2.21. The summed E-state index contributed by atoms with van der Waals surface area (Å²) in [5.41, 5.74) is 0.506. The Kier molecular flexibility index (Phi) is 3.45. The average molecular weight is 386 g/mol. The minimum atomic E-state index is -2.71. The zero-order valence-corrected chi connectivity index (χ0v) is 12.7. The van der Waals surface area contributed by atoms with Gasteiger partial charge in [-0.3, -0.25) is 0 Å². The zero-order valence-electron chi connectivity index (χ0n) is 10.5. The van der Waals surface area contributed by atoms with Gasteiger partial charge in [-0.25, -0.2) is 0 Å². The van der Waals surface area contributed by atoms with Crippen LogP contribution in [0.15, 0.2) is 48.6 Å². The number of ketones is 1. The fraction of sp³-hybridized carbons (Fsp3) is 0.143. The Labute approximate surface area is 123 Å². The molecule has 0 amide bonds. The van der Waals surface area contributed by atoms with Crippen molar-refractivity contribution in [2.75, 3.05) is 7.11 Å². The maximum atomic E-state index is 12.0. The van der Waals surface area contributed by atoms with Crippen molar-refractivity contribution >= 4 is 32.4 Å². The van der Waals surface area contributed by atoms with Gasteiger partial charge >= 0.3 is 123 Å². The van der Waals surface area contributed by atoms with Gasteiger partial charge in [-0.15, -0.1) is 0 Å². The fourth-order valence-corrected chi connectivity index (χ4v) is 5.54. The Morgan fingerprint density at radius 2 is 2.00 bits per heavy atom. The van der Waals surface area contributed by atoms with Crippen LogP contribution in [0.3, 0.4) is 0 Å². The number of hydrogen-bond acceptors (Lipinski definition) is 5. The molecule has 0 saturated heterocycles. The fourth-order valence-electron chi connectivity index (χ4n) is 1.86. The van der Waals surface area contributed by atoms with Crippen LogP contribution >= 0.6 is 20.6 Å². The number of rotatable bonds is 3. The first-order chi connectivity index (χ1) is 9.66. The number of halogens is 1. The van der Waals surface area contributed by atoms with Gasteiger partial charge in [0.25, 0.3) is 0 Å². The molecular weight excluding hydrogens is 375 g/mol. The molecule has 1 aliphatic heterocycles. The van der Waals surface area contributed by atoms with Crippen molar-refractivity contribution in [3.63, 3.8) is 0 Å². The van der Waals surface area contributed by atoms with Crippen molar-refractivity contribution in [1.29, 1.82) is 0 Å². The molecule has 0 saturated carbocycles. The van der Waals surface area contributed by atoms with Crippen LogP contribution in [0.1, 0.15) is 10.4 Å². The van der Waals surface area contributed by atoms with E-state index < -0.39 is 32.4 Å². The van der Waals surface area contributed by atoms with Crippen LogP contribution in [-0.4, -0.2) is 24.6 Å². The summed E-state index contributed by atoms with van der Waals surface area (Å²) < 4.78 is 17.1. The molecule has 1 atom stereocenters. The van der Waals surface area contributed by atoms with Crippen molar-refractivity contribution in [1.82, 2.24) is 0 Å². The molecule has 5 nitrogen and oxygen atoms in total. The maximum absolute atomic E-state index is 12.0. The summed E-state index contributed by atoms with van der Waals surface area (Å²) >= 11 is -2.71. The molecule has 0 N–H and O–H groups in total. The first kappa shape index (κ1) is 13.5. The van der Waals surface area contributed by atoms with E-state index in [4.69, 9.17) is 10.9 Å². The van der Waals surface area contributed by atoms with Gasteiger partial charge in [-0.05, 0) is 0 Å². The summed E-state index contributed by atoms with van der Waals surface area (Å²) in [6.07, 6.45) is 6.19. The Morgan fingerprint density at radius 1 is 1.20 bits per heavy atom. The van der Waals surface area contributed by atoms with Crippen molar-refractivity contribution < 1.29 is 20.5 Å². The summed E-state index contributed by atoms with van der Waals surface area (Å²) in [4.78, 5) is 23.8. The van der Waals surface area contributed by atoms with E-state index in [1.807, 2.05) is 6.07 Å². The van der Waals surface area contributed by atoms with E-state index >= 15 is 0 Å². The van der Waals surface area contributed by atoms with Gasteiger partial charge in [0, 0.05) is 0 Å². The minimum absolute atomic E-state index is 0.319. The van der Waals surface area contributed by atoms with Gasteiger partial charge in [0.05, 0.1) is 0 Å². The Hall–Kier alpha value is -1.51. The van der Waals surface area contributed by atoms with Crippen LogP contribution in [0.5, 0.6) is 0 Å². The number of fused-ring (bicyclic) bond motifs is 1. The number of benzene rings is 1. The molecule has 1 aromatic rings. The van der Waals surface area contributed by atoms with E-state index in [0.29, 0.717) is 5.56 Å². The second-order valence-electron chi connectivity index (χ2n) is 4.09. The molecule has 1 aromatic carbocycles. The van der Waals surface area contributed by atoms with Gasteiger partial charge in [0.2, 0.25) is 0 Å². The molecule has 20 heavy (non-hydrogen) atoms. The molecular formula is C14H11IO5. The molecule has 0 radical (unpaired) electrons. The molecule has 1 unspecified atom stereocenters. The van der Waals surface area contributed by atoms with E-state index in [1.165, 1.54) is 19.3 Å². The summed E-state index contributed by atoms with van der Waals surface area (Å²) in [6, 6.07) is 7.06. The van der Waals surface area contributed by atoms with E-state index in [1.54, 1.807) is 30.4 Å². The van der Waals surface area contributed by atoms with Crippen LogP contribution in [0.4, 0.5) is 0 Å². The number of ether oxygens (including phenoxy) is 1. The van der Waals surface area contributed by atoms with E-state index in [9.17, 15) is 9.59 Å². The molecule has 3 rings (SSSR count).